The quantitative estimate of drug-likeness (QED) is 0.313. The van der Waals surface area contributed by atoms with E-state index < -0.39 is 18.1 Å². The molecule has 1 aliphatic carbocycles. The van der Waals surface area contributed by atoms with Crippen molar-refractivity contribution >= 4 is 29.1 Å². The highest BCUT2D eigenvalue weighted by Gasteiger charge is 2.45. The van der Waals surface area contributed by atoms with Gasteiger partial charge in [-0.2, -0.15) is 0 Å². The van der Waals surface area contributed by atoms with Crippen LogP contribution in [0.4, 0.5) is 5.69 Å². The summed E-state index contributed by atoms with van der Waals surface area (Å²) in [7, 11) is 1.69. The van der Waals surface area contributed by atoms with E-state index in [-0.39, 0.29) is 42.1 Å². The highest BCUT2D eigenvalue weighted by atomic mass is 16.5. The zero-order chi connectivity index (χ0) is 25.5. The molecule has 1 heterocycles. The van der Waals surface area contributed by atoms with Gasteiger partial charge in [0.05, 0.1) is 18.8 Å². The first-order chi connectivity index (χ1) is 16.8. The van der Waals surface area contributed by atoms with Crippen molar-refractivity contribution in [1.82, 2.24) is 10.2 Å². The molecule has 5 unspecified atom stereocenters. The largest absolute Gasteiger partial charge is 0.381 e. The van der Waals surface area contributed by atoms with E-state index in [1.54, 1.807) is 31.4 Å². The molecule has 192 valence electrons. The van der Waals surface area contributed by atoms with Crippen LogP contribution in [0.15, 0.2) is 24.3 Å². The first kappa shape index (κ1) is 26.6. The molecule has 1 saturated heterocycles. The second kappa shape index (κ2) is 12.1. The minimum atomic E-state index is -0.857. The highest BCUT2D eigenvalue weighted by Crippen LogP contribution is 2.32. The zero-order valence-electron chi connectivity index (χ0n) is 20.6. The smallest absolute Gasteiger partial charge is 0.267 e. The molecule has 3 rings (SSSR count). The Balaban J connectivity index is 1.72. The van der Waals surface area contributed by atoms with E-state index in [1.165, 1.54) is 4.90 Å². The Kier molecular flexibility index (Phi) is 9.22. The van der Waals surface area contributed by atoms with E-state index in [0.29, 0.717) is 17.7 Å². The molecule has 10 nitrogen and oxygen atoms in total. The van der Waals surface area contributed by atoms with E-state index >= 15 is 0 Å². The maximum atomic E-state index is 13.3. The molecule has 35 heavy (non-hydrogen) atoms. The number of anilines is 1. The lowest BCUT2D eigenvalue weighted by Gasteiger charge is -2.32. The van der Waals surface area contributed by atoms with Crippen molar-refractivity contribution in [3.05, 3.63) is 29.8 Å². The third-order valence-corrected chi connectivity index (χ3v) is 7.09. The van der Waals surface area contributed by atoms with Gasteiger partial charge in [0.1, 0.15) is 11.8 Å². The van der Waals surface area contributed by atoms with Gasteiger partial charge in [0.25, 0.3) is 5.91 Å². The van der Waals surface area contributed by atoms with Crippen LogP contribution in [0.25, 0.3) is 0 Å². The number of amides is 3. The zero-order valence-corrected chi connectivity index (χ0v) is 20.6. The van der Waals surface area contributed by atoms with Crippen LogP contribution in [0.1, 0.15) is 57.4 Å². The summed E-state index contributed by atoms with van der Waals surface area (Å²) in [5, 5.41) is 14.1. The van der Waals surface area contributed by atoms with Crippen LogP contribution < -0.4 is 22.1 Å². The molecule has 1 aromatic carbocycles. The lowest BCUT2D eigenvalue weighted by molar-refractivity contribution is -0.139. The average Bonchev–Trinajstić information content (AvgIpc) is 3.18. The molecule has 7 N–H and O–H groups in total. The number of para-hydroxylation sites is 1. The van der Waals surface area contributed by atoms with Gasteiger partial charge < -0.3 is 31.7 Å². The van der Waals surface area contributed by atoms with Gasteiger partial charge in [-0.3, -0.25) is 19.8 Å². The average molecular weight is 487 g/mol. The fourth-order valence-corrected chi connectivity index (χ4v) is 5.25. The number of nitrogens with zero attached hydrogens (tertiary/aromatic N) is 1. The molecule has 0 spiro atoms. The van der Waals surface area contributed by atoms with Crippen LogP contribution in [-0.4, -0.2) is 66.3 Å². The van der Waals surface area contributed by atoms with E-state index in [2.05, 4.69) is 17.6 Å². The summed E-state index contributed by atoms with van der Waals surface area (Å²) in [6.07, 6.45) is 5.46. The highest BCUT2D eigenvalue weighted by molar-refractivity contribution is 6.44. The molecule has 1 saturated carbocycles. The van der Waals surface area contributed by atoms with Gasteiger partial charge in [-0.05, 0) is 50.5 Å². The number of nitrogens with one attached hydrogen (secondary N) is 3. The predicted octanol–water partition coefficient (Wildman–Crippen LogP) is 1.33. The Morgan fingerprint density at radius 2 is 1.94 bits per heavy atom. The second-order valence-corrected chi connectivity index (χ2v) is 9.46. The molecule has 2 aliphatic rings. The number of ether oxygens (including phenoxy) is 1. The molecular formula is C25H38N6O4. The topological polar surface area (TPSA) is 164 Å². The van der Waals surface area contributed by atoms with Crippen LogP contribution in [-0.2, 0) is 19.1 Å². The van der Waals surface area contributed by atoms with Crippen molar-refractivity contribution in [2.75, 3.05) is 19.0 Å². The number of carbonyl (C=O) groups excluding carboxylic acids is 3. The first-order valence-electron chi connectivity index (χ1n) is 12.4. The van der Waals surface area contributed by atoms with E-state index in [1.807, 2.05) is 0 Å². The number of hydrogen-bond acceptors (Lipinski definition) is 7. The van der Waals surface area contributed by atoms with Crippen LogP contribution in [0.5, 0.6) is 0 Å². The summed E-state index contributed by atoms with van der Waals surface area (Å²) in [5.74, 6) is -1.31. The summed E-state index contributed by atoms with van der Waals surface area (Å²) >= 11 is 0. The molecule has 3 amide bonds. The normalized spacial score (nSPS) is 26.3. The monoisotopic (exact) mass is 486 g/mol. The van der Waals surface area contributed by atoms with Gasteiger partial charge in [0, 0.05) is 24.4 Å². The van der Waals surface area contributed by atoms with Gasteiger partial charge in [-0.25, -0.2) is 0 Å². The maximum Gasteiger partial charge on any atom is 0.267 e. The fourth-order valence-electron chi connectivity index (χ4n) is 5.25. The predicted molar refractivity (Wildman–Crippen MR) is 134 cm³/mol. The molecule has 1 aromatic rings. The standard InChI is InChI=1S/C25H38N6O4/c1-3-7-15-12-20(25(34)30-16-8-6-9-17(13-16)35-2)31(23(15)27)21(32)14-29-19-11-5-4-10-18(19)22(26)24(28)33/h4-5,10-11,15-17,20,23,26,29H,3,6-9,12-14,27H2,1-2H3,(H2,28,33)(H,30,34). The van der Waals surface area contributed by atoms with Crippen molar-refractivity contribution in [3.63, 3.8) is 0 Å². The Morgan fingerprint density at radius 3 is 2.63 bits per heavy atom. The van der Waals surface area contributed by atoms with Crippen molar-refractivity contribution in [1.29, 1.82) is 5.41 Å². The Hall–Kier alpha value is -2.98. The van der Waals surface area contributed by atoms with Gasteiger partial charge in [-0.1, -0.05) is 31.5 Å². The Morgan fingerprint density at radius 1 is 1.20 bits per heavy atom. The molecular weight excluding hydrogens is 448 g/mol. The first-order valence-corrected chi connectivity index (χ1v) is 12.4. The molecule has 0 aromatic heterocycles. The van der Waals surface area contributed by atoms with Crippen LogP contribution in [0.3, 0.4) is 0 Å². The van der Waals surface area contributed by atoms with E-state index in [0.717, 1.165) is 38.5 Å². The van der Waals surface area contributed by atoms with Crippen molar-refractivity contribution < 1.29 is 19.1 Å². The van der Waals surface area contributed by atoms with Crippen molar-refractivity contribution in [2.24, 2.45) is 17.4 Å². The lowest BCUT2D eigenvalue weighted by atomic mass is 9.92. The number of rotatable bonds is 10. The number of benzene rings is 1. The Labute approximate surface area is 206 Å². The minimum Gasteiger partial charge on any atom is -0.381 e. The summed E-state index contributed by atoms with van der Waals surface area (Å²) in [6.45, 7) is 1.93. The summed E-state index contributed by atoms with van der Waals surface area (Å²) < 4.78 is 5.48. The van der Waals surface area contributed by atoms with Gasteiger partial charge in [-0.15, -0.1) is 0 Å². The SMILES string of the molecule is CCCC1CC(C(=O)NC2CCCC(OC)C2)N(C(=O)CNc2ccccc2C(=N)C(N)=O)C1N. The molecule has 1 aliphatic heterocycles. The number of hydrogen-bond donors (Lipinski definition) is 5. The number of methoxy groups -OCH3 is 1. The molecule has 5 atom stereocenters. The minimum absolute atomic E-state index is 0.0180. The number of carbonyl (C=O) groups is 3. The molecule has 0 radical (unpaired) electrons. The second-order valence-electron chi connectivity index (χ2n) is 9.46. The third-order valence-electron chi connectivity index (χ3n) is 7.09. The van der Waals surface area contributed by atoms with Crippen LogP contribution >= 0.6 is 0 Å². The fraction of sp³-hybridized carbons (Fsp3) is 0.600. The Bertz CT molecular complexity index is 938. The lowest BCUT2D eigenvalue weighted by Crippen LogP contribution is -2.55. The molecule has 10 heteroatoms. The van der Waals surface area contributed by atoms with Crippen LogP contribution in [0.2, 0.25) is 0 Å². The van der Waals surface area contributed by atoms with Gasteiger partial charge in [0.2, 0.25) is 11.8 Å². The van der Waals surface area contributed by atoms with Crippen molar-refractivity contribution in [3.8, 4) is 0 Å². The van der Waals surface area contributed by atoms with Crippen LogP contribution in [0, 0.1) is 11.3 Å². The van der Waals surface area contributed by atoms with Gasteiger partial charge in [0.15, 0.2) is 0 Å². The van der Waals surface area contributed by atoms with E-state index in [4.69, 9.17) is 21.6 Å². The number of likely N-dealkylation sites (tertiary alicyclic amines) is 1. The summed E-state index contributed by atoms with van der Waals surface area (Å²) in [6, 6.07) is 6.06. The number of nitrogens with two attached hydrogens (primary N) is 2. The summed E-state index contributed by atoms with van der Waals surface area (Å²) in [5.41, 5.74) is 12.2. The third kappa shape index (κ3) is 6.37. The van der Waals surface area contributed by atoms with Crippen molar-refractivity contribution in [2.45, 2.75) is 76.2 Å². The molecule has 0 bridgehead atoms. The van der Waals surface area contributed by atoms with Gasteiger partial charge >= 0.3 is 0 Å². The molecule has 2 fully saturated rings. The maximum absolute atomic E-state index is 13.3. The van der Waals surface area contributed by atoms with E-state index in [9.17, 15) is 14.4 Å². The number of primary amides is 1. The summed E-state index contributed by atoms with van der Waals surface area (Å²) in [4.78, 5) is 39.6.